The highest BCUT2D eigenvalue weighted by atomic mass is 16.6. The van der Waals surface area contributed by atoms with Crippen molar-refractivity contribution in [1.82, 2.24) is 0 Å². The maximum atomic E-state index is 11.1. The van der Waals surface area contributed by atoms with E-state index in [1.165, 1.54) is 12.1 Å². The second kappa shape index (κ2) is 4.97. The van der Waals surface area contributed by atoms with Gasteiger partial charge in [0.2, 0.25) is 0 Å². The third kappa shape index (κ3) is 2.90. The molecule has 1 N–H and O–H groups in total. The molecule has 2 rings (SSSR count). The predicted octanol–water partition coefficient (Wildman–Crippen LogP) is 1.76. The number of nitro benzene ring substituents is 1. The number of benzene rings is 1. The fraction of sp³-hybridized carbons (Fsp3) is 0.462. The van der Waals surface area contributed by atoms with Gasteiger partial charge < -0.3 is 10.0 Å². The van der Waals surface area contributed by atoms with Gasteiger partial charge >= 0.3 is 0 Å². The van der Waals surface area contributed by atoms with Gasteiger partial charge in [-0.05, 0) is 25.8 Å². The number of aliphatic hydroxyl groups is 1. The van der Waals surface area contributed by atoms with E-state index in [4.69, 9.17) is 0 Å². The van der Waals surface area contributed by atoms with E-state index in [1.807, 2.05) is 4.90 Å². The lowest BCUT2D eigenvalue weighted by Crippen LogP contribution is -2.46. The van der Waals surface area contributed by atoms with Crippen molar-refractivity contribution in [3.8, 4) is 0 Å². The number of carbonyl (C=O) groups is 1. The van der Waals surface area contributed by atoms with Crippen LogP contribution in [0.5, 0.6) is 0 Å². The van der Waals surface area contributed by atoms with Gasteiger partial charge in [-0.1, -0.05) is 0 Å². The Kier molecular flexibility index (Phi) is 3.53. The molecule has 102 valence electrons. The van der Waals surface area contributed by atoms with E-state index in [9.17, 15) is 20.0 Å². The first-order chi connectivity index (χ1) is 8.93. The first-order valence-corrected chi connectivity index (χ1v) is 6.14. The standard InChI is InChI=1S/C13H16N2O4/c1-13(17)5-2-6-14(9-13)12-4-3-11(15(18)19)7-10(12)8-16/h3-4,7-8,17H,2,5-6,9H2,1H3. The summed E-state index contributed by atoms with van der Waals surface area (Å²) < 4.78 is 0. The molecule has 1 atom stereocenters. The molecule has 6 nitrogen and oxygen atoms in total. The van der Waals surface area contributed by atoms with Crippen LogP contribution in [0.15, 0.2) is 18.2 Å². The van der Waals surface area contributed by atoms with Crippen LogP contribution in [0, 0.1) is 10.1 Å². The molecule has 1 saturated heterocycles. The molecule has 1 aromatic carbocycles. The van der Waals surface area contributed by atoms with Crippen molar-refractivity contribution in [2.24, 2.45) is 0 Å². The van der Waals surface area contributed by atoms with Crippen LogP contribution in [0.1, 0.15) is 30.1 Å². The topological polar surface area (TPSA) is 83.7 Å². The molecular weight excluding hydrogens is 248 g/mol. The number of rotatable bonds is 3. The van der Waals surface area contributed by atoms with Crippen molar-refractivity contribution in [1.29, 1.82) is 0 Å². The average molecular weight is 264 g/mol. The van der Waals surface area contributed by atoms with Crippen LogP contribution in [0.4, 0.5) is 11.4 Å². The maximum Gasteiger partial charge on any atom is 0.270 e. The largest absolute Gasteiger partial charge is 0.388 e. The lowest BCUT2D eigenvalue weighted by molar-refractivity contribution is -0.384. The highest BCUT2D eigenvalue weighted by Gasteiger charge is 2.29. The molecule has 1 aliphatic rings. The number of carbonyl (C=O) groups excluding carboxylic acids is 1. The van der Waals surface area contributed by atoms with Crippen molar-refractivity contribution < 1.29 is 14.8 Å². The van der Waals surface area contributed by atoms with E-state index in [-0.39, 0.29) is 11.3 Å². The van der Waals surface area contributed by atoms with Gasteiger partial charge in [0.05, 0.1) is 10.5 Å². The minimum Gasteiger partial charge on any atom is -0.388 e. The first-order valence-electron chi connectivity index (χ1n) is 6.14. The summed E-state index contributed by atoms with van der Waals surface area (Å²) >= 11 is 0. The number of hydrogen-bond donors (Lipinski definition) is 1. The molecule has 1 aromatic rings. The fourth-order valence-corrected chi connectivity index (χ4v) is 2.46. The Morgan fingerprint density at radius 2 is 2.26 bits per heavy atom. The molecule has 0 spiro atoms. The van der Waals surface area contributed by atoms with E-state index in [2.05, 4.69) is 0 Å². The minimum absolute atomic E-state index is 0.102. The van der Waals surface area contributed by atoms with Crippen molar-refractivity contribution in [3.63, 3.8) is 0 Å². The van der Waals surface area contributed by atoms with Crippen LogP contribution < -0.4 is 4.90 Å². The van der Waals surface area contributed by atoms with Crippen LogP contribution >= 0.6 is 0 Å². The van der Waals surface area contributed by atoms with Crippen LogP contribution in [0.2, 0.25) is 0 Å². The van der Waals surface area contributed by atoms with Gasteiger partial charge in [-0.3, -0.25) is 14.9 Å². The number of non-ortho nitro benzene ring substituents is 1. The number of anilines is 1. The van der Waals surface area contributed by atoms with Crippen molar-refractivity contribution in [2.45, 2.75) is 25.4 Å². The summed E-state index contributed by atoms with van der Waals surface area (Å²) in [6, 6.07) is 4.22. The summed E-state index contributed by atoms with van der Waals surface area (Å²) in [6.07, 6.45) is 2.15. The van der Waals surface area contributed by atoms with Crippen molar-refractivity contribution in [3.05, 3.63) is 33.9 Å². The number of nitro groups is 1. The molecule has 0 amide bonds. The lowest BCUT2D eigenvalue weighted by atomic mass is 9.94. The number of hydrogen-bond acceptors (Lipinski definition) is 5. The van der Waals surface area contributed by atoms with E-state index >= 15 is 0 Å². The molecule has 0 radical (unpaired) electrons. The van der Waals surface area contributed by atoms with Gasteiger partial charge in [-0.25, -0.2) is 0 Å². The third-order valence-electron chi connectivity index (χ3n) is 3.36. The number of piperidine rings is 1. The molecule has 1 unspecified atom stereocenters. The predicted molar refractivity (Wildman–Crippen MR) is 70.6 cm³/mol. The smallest absolute Gasteiger partial charge is 0.270 e. The van der Waals surface area contributed by atoms with E-state index in [0.29, 0.717) is 24.9 Å². The zero-order chi connectivity index (χ0) is 14.0. The first kappa shape index (κ1) is 13.5. The number of nitrogens with zero attached hydrogens (tertiary/aromatic N) is 2. The van der Waals surface area contributed by atoms with E-state index in [0.717, 1.165) is 13.0 Å². The number of aldehydes is 1. The zero-order valence-electron chi connectivity index (χ0n) is 10.7. The third-order valence-corrected chi connectivity index (χ3v) is 3.36. The molecule has 19 heavy (non-hydrogen) atoms. The Balaban J connectivity index is 2.34. The van der Waals surface area contributed by atoms with Crippen LogP contribution in [-0.2, 0) is 0 Å². The Morgan fingerprint density at radius 3 is 2.84 bits per heavy atom. The molecule has 1 heterocycles. The molecule has 0 saturated carbocycles. The molecule has 0 bridgehead atoms. The second-order valence-electron chi connectivity index (χ2n) is 5.14. The molecular formula is C13H16N2O4. The Hall–Kier alpha value is -1.95. The SMILES string of the molecule is CC1(O)CCCN(c2ccc([N+](=O)[O-])cc2C=O)C1. The van der Waals surface area contributed by atoms with Crippen LogP contribution in [0.25, 0.3) is 0 Å². The van der Waals surface area contributed by atoms with Gasteiger partial charge in [-0.15, -0.1) is 0 Å². The highest BCUT2D eigenvalue weighted by molar-refractivity contribution is 5.86. The molecule has 1 aliphatic heterocycles. The normalized spacial score (nSPS) is 23.2. The van der Waals surface area contributed by atoms with Crippen LogP contribution in [-0.4, -0.2) is 35.0 Å². The molecule has 6 heteroatoms. The summed E-state index contributed by atoms with van der Waals surface area (Å²) in [4.78, 5) is 23.2. The Morgan fingerprint density at radius 1 is 1.53 bits per heavy atom. The Labute approximate surface area is 110 Å². The second-order valence-corrected chi connectivity index (χ2v) is 5.14. The minimum atomic E-state index is -0.791. The molecule has 0 aliphatic carbocycles. The summed E-state index contributed by atoms with van der Waals surface area (Å²) in [5.41, 5.74) is 0.0299. The van der Waals surface area contributed by atoms with Gasteiger partial charge in [0.1, 0.15) is 0 Å². The molecule has 1 fully saturated rings. The van der Waals surface area contributed by atoms with Gasteiger partial charge in [-0.2, -0.15) is 0 Å². The van der Waals surface area contributed by atoms with Gasteiger partial charge in [0, 0.05) is 36.5 Å². The highest BCUT2D eigenvalue weighted by Crippen LogP contribution is 2.29. The van der Waals surface area contributed by atoms with E-state index < -0.39 is 10.5 Å². The summed E-state index contributed by atoms with van der Waals surface area (Å²) in [7, 11) is 0. The summed E-state index contributed by atoms with van der Waals surface area (Å²) in [5, 5.41) is 20.8. The van der Waals surface area contributed by atoms with Gasteiger partial charge in [0.25, 0.3) is 5.69 Å². The van der Waals surface area contributed by atoms with Crippen molar-refractivity contribution >= 4 is 17.7 Å². The average Bonchev–Trinajstić information content (AvgIpc) is 2.36. The summed E-state index contributed by atoms with van der Waals surface area (Å²) in [6.45, 7) is 2.91. The Bertz CT molecular complexity index is 513. The monoisotopic (exact) mass is 264 g/mol. The zero-order valence-corrected chi connectivity index (χ0v) is 10.7. The summed E-state index contributed by atoms with van der Waals surface area (Å²) in [5.74, 6) is 0. The van der Waals surface area contributed by atoms with Crippen LogP contribution in [0.3, 0.4) is 0 Å². The molecule has 0 aromatic heterocycles. The van der Waals surface area contributed by atoms with Crippen molar-refractivity contribution in [2.75, 3.05) is 18.0 Å². The van der Waals surface area contributed by atoms with Gasteiger partial charge in [0.15, 0.2) is 6.29 Å². The van der Waals surface area contributed by atoms with E-state index in [1.54, 1.807) is 13.0 Å². The lowest BCUT2D eigenvalue weighted by Gasteiger charge is -2.38. The maximum absolute atomic E-state index is 11.1. The quantitative estimate of drug-likeness (QED) is 0.511. The number of β-amino-alcohol motifs (C(OH)–C–C–N with tert-alkyl or cyclic N) is 1. The fourth-order valence-electron chi connectivity index (χ4n) is 2.46.